The number of hydrogen-bond donors (Lipinski definition) is 1. The second-order valence-electron chi connectivity index (χ2n) is 4.80. The van der Waals surface area contributed by atoms with Crippen LogP contribution in [0.25, 0.3) is 5.65 Å². The molecule has 3 aromatic rings. The van der Waals surface area contributed by atoms with Crippen molar-refractivity contribution in [1.82, 2.24) is 14.6 Å². The molecule has 0 aliphatic rings. The van der Waals surface area contributed by atoms with E-state index in [1.807, 2.05) is 31.2 Å². The summed E-state index contributed by atoms with van der Waals surface area (Å²) in [5.41, 5.74) is 4.57. The topological polar surface area (TPSA) is 66.0 Å². The number of aromatic nitrogens is 3. The molecule has 0 saturated carbocycles. The van der Waals surface area contributed by atoms with Crippen LogP contribution in [0.1, 0.15) is 17.0 Å². The summed E-state index contributed by atoms with van der Waals surface area (Å²) in [6, 6.07) is 14.2. The first-order valence-corrected chi connectivity index (χ1v) is 6.77. The Balaban J connectivity index is 1.93. The lowest BCUT2D eigenvalue weighted by Crippen LogP contribution is -2.04. The summed E-state index contributed by atoms with van der Waals surface area (Å²) < 4.78 is 1.74. The number of imidazole rings is 1. The van der Waals surface area contributed by atoms with Gasteiger partial charge in [0, 0.05) is 6.54 Å². The van der Waals surface area contributed by atoms with Gasteiger partial charge >= 0.3 is 0 Å². The minimum atomic E-state index is 0.308. The highest BCUT2D eigenvalue weighted by molar-refractivity contribution is 5.67. The molecule has 21 heavy (non-hydrogen) atoms. The van der Waals surface area contributed by atoms with Crippen LogP contribution >= 0.6 is 0 Å². The number of anilines is 1. The maximum atomic E-state index is 8.91. The molecule has 0 amide bonds. The van der Waals surface area contributed by atoms with Crippen molar-refractivity contribution in [2.45, 2.75) is 19.9 Å². The summed E-state index contributed by atoms with van der Waals surface area (Å²) >= 11 is 0. The lowest BCUT2D eigenvalue weighted by atomic mass is 10.2. The van der Waals surface area contributed by atoms with Crippen LogP contribution in [-0.4, -0.2) is 14.6 Å². The predicted octanol–water partition coefficient (Wildman–Crippen LogP) is 2.72. The van der Waals surface area contributed by atoms with Crippen LogP contribution < -0.4 is 5.32 Å². The van der Waals surface area contributed by atoms with Gasteiger partial charge in [0.15, 0.2) is 5.65 Å². The number of rotatable bonds is 4. The van der Waals surface area contributed by atoms with Gasteiger partial charge in [-0.2, -0.15) is 10.4 Å². The molecule has 0 aliphatic carbocycles. The Morgan fingerprint density at radius 3 is 2.81 bits per heavy atom. The quantitative estimate of drug-likeness (QED) is 0.796. The Morgan fingerprint density at radius 1 is 1.24 bits per heavy atom. The van der Waals surface area contributed by atoms with Crippen LogP contribution in [-0.2, 0) is 13.0 Å². The number of fused-ring (bicyclic) bond motifs is 1. The molecule has 5 nitrogen and oxygen atoms in total. The Kier molecular flexibility index (Phi) is 3.52. The van der Waals surface area contributed by atoms with Gasteiger partial charge < -0.3 is 5.32 Å². The SMILES string of the molecule is Cc1nc2c(NCc3ccccc3)ccnn2c1CC#N. The molecular formula is C16H15N5. The van der Waals surface area contributed by atoms with E-state index in [-0.39, 0.29) is 0 Å². The number of nitriles is 1. The zero-order valence-electron chi connectivity index (χ0n) is 11.7. The fraction of sp³-hybridized carbons (Fsp3) is 0.188. The first-order chi connectivity index (χ1) is 10.3. The zero-order chi connectivity index (χ0) is 14.7. The third-order valence-corrected chi connectivity index (χ3v) is 3.38. The highest BCUT2D eigenvalue weighted by Crippen LogP contribution is 2.19. The molecule has 5 heteroatoms. The predicted molar refractivity (Wildman–Crippen MR) is 80.8 cm³/mol. The maximum absolute atomic E-state index is 8.91. The highest BCUT2D eigenvalue weighted by atomic mass is 15.3. The second-order valence-corrected chi connectivity index (χ2v) is 4.80. The van der Waals surface area contributed by atoms with Gasteiger partial charge in [-0.15, -0.1) is 0 Å². The van der Waals surface area contributed by atoms with Crippen molar-refractivity contribution in [3.63, 3.8) is 0 Å². The van der Waals surface area contributed by atoms with Crippen molar-refractivity contribution < 1.29 is 0 Å². The summed E-state index contributed by atoms with van der Waals surface area (Å²) in [6.07, 6.45) is 2.03. The molecule has 0 radical (unpaired) electrons. The molecule has 0 spiro atoms. The van der Waals surface area contributed by atoms with Crippen LogP contribution in [0.4, 0.5) is 5.69 Å². The van der Waals surface area contributed by atoms with E-state index in [9.17, 15) is 0 Å². The van der Waals surface area contributed by atoms with E-state index < -0.39 is 0 Å². The normalized spacial score (nSPS) is 10.5. The zero-order valence-corrected chi connectivity index (χ0v) is 11.7. The van der Waals surface area contributed by atoms with E-state index in [1.165, 1.54) is 5.56 Å². The van der Waals surface area contributed by atoms with Crippen LogP contribution in [0.2, 0.25) is 0 Å². The average molecular weight is 277 g/mol. The maximum Gasteiger partial charge on any atom is 0.177 e. The van der Waals surface area contributed by atoms with Gasteiger partial charge in [0.05, 0.1) is 35.8 Å². The molecule has 1 aromatic carbocycles. The molecule has 104 valence electrons. The third-order valence-electron chi connectivity index (χ3n) is 3.38. The Bertz CT molecular complexity index is 799. The fourth-order valence-electron chi connectivity index (χ4n) is 2.31. The van der Waals surface area contributed by atoms with E-state index >= 15 is 0 Å². The summed E-state index contributed by atoms with van der Waals surface area (Å²) in [4.78, 5) is 4.53. The lowest BCUT2D eigenvalue weighted by molar-refractivity contribution is 0.874. The third kappa shape index (κ3) is 2.56. The van der Waals surface area contributed by atoms with Gasteiger partial charge in [0.25, 0.3) is 0 Å². The summed E-state index contributed by atoms with van der Waals surface area (Å²) in [6.45, 7) is 2.63. The van der Waals surface area contributed by atoms with Crippen LogP contribution in [0, 0.1) is 18.3 Å². The van der Waals surface area contributed by atoms with Crippen molar-refractivity contribution in [3.8, 4) is 6.07 Å². The number of nitrogens with zero attached hydrogens (tertiary/aromatic N) is 4. The number of aryl methyl sites for hydroxylation is 1. The molecular weight excluding hydrogens is 262 g/mol. The molecule has 0 aliphatic heterocycles. The van der Waals surface area contributed by atoms with Crippen molar-refractivity contribution in [2.75, 3.05) is 5.32 Å². The van der Waals surface area contributed by atoms with Gasteiger partial charge in [-0.1, -0.05) is 30.3 Å². The van der Waals surface area contributed by atoms with Gasteiger partial charge in [-0.25, -0.2) is 9.50 Å². The largest absolute Gasteiger partial charge is 0.378 e. The van der Waals surface area contributed by atoms with Crippen molar-refractivity contribution in [2.24, 2.45) is 0 Å². The first kappa shape index (κ1) is 13.1. The van der Waals surface area contributed by atoms with E-state index in [1.54, 1.807) is 10.7 Å². The lowest BCUT2D eigenvalue weighted by Gasteiger charge is -2.07. The minimum absolute atomic E-state index is 0.308. The standard InChI is InChI=1S/C16H15N5/c1-12-15(7-9-17)21-16(20-12)14(8-10-19-21)18-11-13-5-3-2-4-6-13/h2-6,8,10,18H,7,11H2,1H3. The number of nitrogens with one attached hydrogen (secondary N) is 1. The Morgan fingerprint density at radius 2 is 2.05 bits per heavy atom. The number of hydrogen-bond acceptors (Lipinski definition) is 4. The van der Waals surface area contributed by atoms with Gasteiger partial charge in [-0.3, -0.25) is 0 Å². The second kappa shape index (κ2) is 5.63. The van der Waals surface area contributed by atoms with E-state index in [0.717, 1.165) is 29.3 Å². The van der Waals surface area contributed by atoms with Crippen molar-refractivity contribution in [1.29, 1.82) is 5.26 Å². The van der Waals surface area contributed by atoms with E-state index in [2.05, 4.69) is 33.6 Å². The monoisotopic (exact) mass is 277 g/mol. The molecule has 0 bridgehead atoms. The van der Waals surface area contributed by atoms with Gasteiger partial charge in [-0.05, 0) is 18.6 Å². The van der Waals surface area contributed by atoms with Crippen molar-refractivity contribution >= 4 is 11.3 Å². The molecule has 0 saturated heterocycles. The van der Waals surface area contributed by atoms with E-state index in [4.69, 9.17) is 5.26 Å². The van der Waals surface area contributed by atoms with Crippen LogP contribution in [0.3, 0.4) is 0 Å². The van der Waals surface area contributed by atoms with Crippen molar-refractivity contribution in [3.05, 3.63) is 59.5 Å². The summed E-state index contributed by atoms with van der Waals surface area (Å²) in [7, 11) is 0. The molecule has 0 atom stereocenters. The Hall–Kier alpha value is -2.87. The summed E-state index contributed by atoms with van der Waals surface area (Å²) in [5, 5.41) is 16.6. The number of benzene rings is 1. The van der Waals surface area contributed by atoms with Crippen LogP contribution in [0.15, 0.2) is 42.6 Å². The fourth-order valence-corrected chi connectivity index (χ4v) is 2.31. The molecule has 3 rings (SSSR count). The first-order valence-electron chi connectivity index (χ1n) is 6.77. The van der Waals surface area contributed by atoms with E-state index in [0.29, 0.717) is 6.42 Å². The molecule has 2 heterocycles. The highest BCUT2D eigenvalue weighted by Gasteiger charge is 2.12. The molecule has 1 N–H and O–H groups in total. The van der Waals surface area contributed by atoms with Gasteiger partial charge in [0.2, 0.25) is 0 Å². The molecule has 0 fully saturated rings. The van der Waals surface area contributed by atoms with Gasteiger partial charge in [0.1, 0.15) is 0 Å². The smallest absolute Gasteiger partial charge is 0.177 e. The average Bonchev–Trinajstić information content (AvgIpc) is 2.83. The summed E-state index contributed by atoms with van der Waals surface area (Å²) in [5.74, 6) is 0. The molecule has 0 unspecified atom stereocenters. The molecule has 2 aromatic heterocycles. The Labute approximate surface area is 122 Å². The van der Waals surface area contributed by atoms with Crippen LogP contribution in [0.5, 0.6) is 0 Å². The minimum Gasteiger partial charge on any atom is -0.378 e.